The lowest BCUT2D eigenvalue weighted by atomic mass is 10.2. The van der Waals surface area contributed by atoms with Crippen LogP contribution in [0.15, 0.2) is 42.5 Å². The first-order chi connectivity index (χ1) is 8.74. The molecule has 0 amide bonds. The Labute approximate surface area is 115 Å². The van der Waals surface area contributed by atoms with Crippen molar-refractivity contribution in [1.82, 2.24) is 0 Å². The second-order valence-corrected chi connectivity index (χ2v) is 4.27. The highest BCUT2D eigenvalue weighted by Gasteiger charge is 2.08. The maximum atomic E-state index is 8.83. The zero-order valence-electron chi connectivity index (χ0n) is 9.36. The van der Waals surface area contributed by atoms with Crippen molar-refractivity contribution < 1.29 is 4.74 Å². The Morgan fingerprint density at radius 2 is 1.94 bits per heavy atom. The van der Waals surface area contributed by atoms with Crippen molar-refractivity contribution in [2.75, 3.05) is 0 Å². The molecule has 0 radical (unpaired) electrons. The minimum absolute atomic E-state index is 0.271. The van der Waals surface area contributed by atoms with Crippen LogP contribution in [-0.4, -0.2) is 0 Å². The fourth-order valence-corrected chi connectivity index (χ4v) is 2.10. The van der Waals surface area contributed by atoms with Crippen molar-refractivity contribution in [3.63, 3.8) is 0 Å². The van der Waals surface area contributed by atoms with Gasteiger partial charge in [-0.3, -0.25) is 0 Å². The van der Waals surface area contributed by atoms with Crippen LogP contribution in [0.5, 0.6) is 11.5 Å². The van der Waals surface area contributed by atoms with Gasteiger partial charge in [0.05, 0.1) is 17.5 Å². The van der Waals surface area contributed by atoms with Crippen LogP contribution in [-0.2, 0) is 5.88 Å². The van der Waals surface area contributed by atoms with E-state index in [9.17, 15) is 0 Å². The van der Waals surface area contributed by atoms with Crippen LogP contribution in [0.1, 0.15) is 11.1 Å². The minimum Gasteiger partial charge on any atom is -0.457 e. The normalized spacial score (nSPS) is 9.83. The van der Waals surface area contributed by atoms with Gasteiger partial charge in [0.1, 0.15) is 11.5 Å². The van der Waals surface area contributed by atoms with Gasteiger partial charge in [0, 0.05) is 10.6 Å². The van der Waals surface area contributed by atoms with E-state index in [1.165, 1.54) is 0 Å². The van der Waals surface area contributed by atoms with E-state index in [0.29, 0.717) is 22.1 Å². The summed E-state index contributed by atoms with van der Waals surface area (Å²) in [5, 5.41) is 9.39. The number of nitrogens with zero attached hydrogens (tertiary/aromatic N) is 1. The van der Waals surface area contributed by atoms with Gasteiger partial charge in [-0.2, -0.15) is 5.26 Å². The zero-order valence-corrected chi connectivity index (χ0v) is 10.9. The molecule has 4 heteroatoms. The molecule has 0 aliphatic carbocycles. The van der Waals surface area contributed by atoms with Gasteiger partial charge in [-0.15, -0.1) is 11.6 Å². The van der Waals surface area contributed by atoms with Crippen LogP contribution in [0.2, 0.25) is 5.02 Å². The predicted octanol–water partition coefficient (Wildman–Crippen LogP) is 4.74. The Bertz CT molecular complexity index is 605. The second-order valence-electron chi connectivity index (χ2n) is 3.59. The Balaban J connectivity index is 2.34. The van der Waals surface area contributed by atoms with Gasteiger partial charge in [-0.05, 0) is 30.3 Å². The molecule has 0 N–H and O–H groups in total. The first-order valence-electron chi connectivity index (χ1n) is 5.26. The van der Waals surface area contributed by atoms with Crippen molar-refractivity contribution >= 4 is 23.2 Å². The number of alkyl halides is 1. The standard InChI is InChI=1S/C14H9Cl2NO/c15-8-12-13(16)5-2-6-14(12)18-11-4-1-3-10(7-11)9-17/h1-7H,8H2. The molecule has 0 aliphatic heterocycles. The summed E-state index contributed by atoms with van der Waals surface area (Å²) in [4.78, 5) is 0. The van der Waals surface area contributed by atoms with E-state index in [1.54, 1.807) is 42.5 Å². The highest BCUT2D eigenvalue weighted by Crippen LogP contribution is 2.31. The van der Waals surface area contributed by atoms with E-state index in [1.807, 2.05) is 0 Å². The van der Waals surface area contributed by atoms with Crippen molar-refractivity contribution in [2.45, 2.75) is 5.88 Å². The maximum absolute atomic E-state index is 8.83. The largest absolute Gasteiger partial charge is 0.457 e. The molecule has 0 fully saturated rings. The quantitative estimate of drug-likeness (QED) is 0.759. The zero-order chi connectivity index (χ0) is 13.0. The number of benzene rings is 2. The lowest BCUT2D eigenvalue weighted by Gasteiger charge is -2.10. The van der Waals surface area contributed by atoms with Gasteiger partial charge in [-0.1, -0.05) is 23.7 Å². The van der Waals surface area contributed by atoms with E-state index in [0.717, 1.165) is 5.56 Å². The van der Waals surface area contributed by atoms with E-state index >= 15 is 0 Å². The van der Waals surface area contributed by atoms with Gasteiger partial charge in [0.15, 0.2) is 0 Å². The van der Waals surface area contributed by atoms with E-state index in [4.69, 9.17) is 33.2 Å². The Kier molecular flexibility index (Phi) is 4.09. The third kappa shape index (κ3) is 2.76. The maximum Gasteiger partial charge on any atom is 0.133 e. The van der Waals surface area contributed by atoms with Gasteiger partial charge < -0.3 is 4.74 Å². The van der Waals surface area contributed by atoms with Gasteiger partial charge >= 0.3 is 0 Å². The summed E-state index contributed by atoms with van der Waals surface area (Å²) in [6, 6.07) is 14.3. The predicted molar refractivity (Wildman–Crippen MR) is 72.2 cm³/mol. The molecular weight excluding hydrogens is 269 g/mol. The molecule has 2 rings (SSSR count). The summed E-state index contributed by atoms with van der Waals surface area (Å²) < 4.78 is 5.70. The highest BCUT2D eigenvalue weighted by atomic mass is 35.5. The molecule has 0 saturated heterocycles. The molecule has 0 spiro atoms. The molecule has 90 valence electrons. The second kappa shape index (κ2) is 5.77. The molecule has 0 unspecified atom stereocenters. The number of rotatable bonds is 3. The molecule has 2 nitrogen and oxygen atoms in total. The molecule has 0 aliphatic rings. The number of hydrogen-bond donors (Lipinski definition) is 0. The third-order valence-corrected chi connectivity index (χ3v) is 3.02. The highest BCUT2D eigenvalue weighted by molar-refractivity contribution is 6.32. The van der Waals surface area contributed by atoms with Crippen molar-refractivity contribution in [2.24, 2.45) is 0 Å². The molecule has 0 bridgehead atoms. The average Bonchev–Trinajstić information content (AvgIpc) is 2.39. The number of hydrogen-bond acceptors (Lipinski definition) is 2. The summed E-state index contributed by atoms with van der Waals surface area (Å²) in [5.74, 6) is 1.46. The topological polar surface area (TPSA) is 33.0 Å². The first-order valence-corrected chi connectivity index (χ1v) is 6.17. The molecule has 0 heterocycles. The monoisotopic (exact) mass is 277 g/mol. The number of halogens is 2. The van der Waals surface area contributed by atoms with Crippen LogP contribution in [0.4, 0.5) is 0 Å². The molecule has 2 aromatic carbocycles. The van der Waals surface area contributed by atoms with E-state index in [2.05, 4.69) is 6.07 Å². The van der Waals surface area contributed by atoms with Gasteiger partial charge in [-0.25, -0.2) is 0 Å². The summed E-state index contributed by atoms with van der Waals surface area (Å²) in [5.41, 5.74) is 1.28. The Morgan fingerprint density at radius 3 is 2.67 bits per heavy atom. The van der Waals surface area contributed by atoms with E-state index < -0.39 is 0 Å². The van der Waals surface area contributed by atoms with Crippen LogP contribution >= 0.6 is 23.2 Å². The smallest absolute Gasteiger partial charge is 0.133 e. The molecule has 0 atom stereocenters. The average molecular weight is 278 g/mol. The summed E-state index contributed by atoms with van der Waals surface area (Å²) >= 11 is 11.9. The summed E-state index contributed by atoms with van der Waals surface area (Å²) in [7, 11) is 0. The third-order valence-electron chi connectivity index (χ3n) is 2.40. The molecule has 0 aromatic heterocycles. The Hall–Kier alpha value is -1.69. The first kappa shape index (κ1) is 12.8. The van der Waals surface area contributed by atoms with Crippen molar-refractivity contribution in [1.29, 1.82) is 5.26 Å². The molecule has 18 heavy (non-hydrogen) atoms. The van der Waals surface area contributed by atoms with Crippen LogP contribution in [0.3, 0.4) is 0 Å². The summed E-state index contributed by atoms with van der Waals surface area (Å²) in [6.45, 7) is 0. The lowest BCUT2D eigenvalue weighted by Crippen LogP contribution is -1.91. The molecular formula is C14H9Cl2NO. The number of nitriles is 1. The minimum atomic E-state index is 0.271. The van der Waals surface area contributed by atoms with Crippen molar-refractivity contribution in [3.8, 4) is 17.6 Å². The lowest BCUT2D eigenvalue weighted by molar-refractivity contribution is 0.478. The van der Waals surface area contributed by atoms with Crippen LogP contribution < -0.4 is 4.74 Å². The molecule has 2 aromatic rings. The van der Waals surface area contributed by atoms with Gasteiger partial charge in [0.2, 0.25) is 0 Å². The SMILES string of the molecule is N#Cc1cccc(Oc2cccc(Cl)c2CCl)c1. The number of ether oxygens (including phenoxy) is 1. The van der Waals surface area contributed by atoms with Crippen molar-refractivity contribution in [3.05, 3.63) is 58.6 Å². The fraction of sp³-hybridized carbons (Fsp3) is 0.0714. The van der Waals surface area contributed by atoms with Gasteiger partial charge in [0.25, 0.3) is 0 Å². The van der Waals surface area contributed by atoms with E-state index in [-0.39, 0.29) is 5.88 Å². The van der Waals surface area contributed by atoms with Crippen LogP contribution in [0, 0.1) is 11.3 Å². The fourth-order valence-electron chi connectivity index (χ4n) is 1.52. The van der Waals surface area contributed by atoms with Crippen LogP contribution in [0.25, 0.3) is 0 Å². The Morgan fingerprint density at radius 1 is 1.17 bits per heavy atom. The summed E-state index contributed by atoms with van der Waals surface area (Å²) in [6.07, 6.45) is 0. The molecule has 0 saturated carbocycles.